The minimum atomic E-state index is -1.34. The zero-order valence-corrected chi connectivity index (χ0v) is 24.9. The van der Waals surface area contributed by atoms with Crippen LogP contribution in [0.5, 0.6) is 0 Å². The Labute approximate surface area is 201 Å². The number of hydrogen-bond acceptors (Lipinski definition) is 1. The van der Waals surface area contributed by atoms with Crippen molar-refractivity contribution in [3.8, 4) is 0 Å². The molecule has 0 aliphatic rings. The monoisotopic (exact) mass is 473 g/mol. The predicted molar refractivity (Wildman–Crippen MR) is 156 cm³/mol. The lowest BCUT2D eigenvalue weighted by Gasteiger charge is -2.37. The first kappa shape index (κ1) is 27.3. The standard InChI is InChI=1S/C29H49NP2/c1-20(2)31(12,21(3)4)28-18-24(9)14-16-26(28)30(11)27-17-15-25(10)19-29(27)32(13,22(5)6)23(7)8/h14-23H,1-13H3/q+2. The second-order valence-electron chi connectivity index (χ2n) is 11.2. The topological polar surface area (TPSA) is 3.24 Å². The van der Waals surface area contributed by atoms with Crippen LogP contribution in [0.3, 0.4) is 0 Å². The summed E-state index contributed by atoms with van der Waals surface area (Å²) in [6.45, 7) is 29.1. The van der Waals surface area contributed by atoms with Gasteiger partial charge >= 0.3 is 0 Å². The second kappa shape index (κ2) is 10.2. The first-order valence-electron chi connectivity index (χ1n) is 12.4. The maximum Gasteiger partial charge on any atom is 0.118 e. The zero-order valence-electron chi connectivity index (χ0n) is 23.1. The molecule has 1 nitrogen and oxygen atoms in total. The molecule has 0 heterocycles. The summed E-state index contributed by atoms with van der Waals surface area (Å²) in [7, 11) is -0.377. The Morgan fingerprint density at radius 1 is 0.562 bits per heavy atom. The van der Waals surface area contributed by atoms with Crippen molar-refractivity contribution in [1.29, 1.82) is 0 Å². The quantitative estimate of drug-likeness (QED) is 0.349. The molecular formula is C29H49NP2+2. The fourth-order valence-electron chi connectivity index (χ4n) is 5.04. The molecule has 0 spiro atoms. The molecule has 2 aromatic carbocycles. The van der Waals surface area contributed by atoms with Crippen LogP contribution in [-0.4, -0.2) is 43.0 Å². The molecule has 0 aliphatic heterocycles. The lowest BCUT2D eigenvalue weighted by Crippen LogP contribution is -2.33. The highest BCUT2D eigenvalue weighted by atomic mass is 31.2. The van der Waals surface area contributed by atoms with Crippen LogP contribution in [0.15, 0.2) is 36.4 Å². The highest BCUT2D eigenvalue weighted by molar-refractivity contribution is 7.84. The van der Waals surface area contributed by atoms with Crippen LogP contribution < -0.4 is 15.5 Å². The summed E-state index contributed by atoms with van der Waals surface area (Å²) in [4.78, 5) is 2.52. The van der Waals surface area contributed by atoms with Gasteiger partial charge in [0.15, 0.2) is 0 Å². The van der Waals surface area contributed by atoms with Gasteiger partial charge in [-0.3, -0.25) is 0 Å². The van der Waals surface area contributed by atoms with Crippen molar-refractivity contribution in [2.45, 2.75) is 91.9 Å². The van der Waals surface area contributed by atoms with E-state index in [-0.39, 0.29) is 0 Å². The summed E-state index contributed by atoms with van der Waals surface area (Å²) in [5.74, 6) is 0. The van der Waals surface area contributed by atoms with Gasteiger partial charge in [0.25, 0.3) is 0 Å². The van der Waals surface area contributed by atoms with E-state index in [1.807, 2.05) is 0 Å². The third-order valence-electron chi connectivity index (χ3n) is 8.31. The Morgan fingerprint density at radius 2 is 0.844 bits per heavy atom. The van der Waals surface area contributed by atoms with Crippen molar-refractivity contribution < 1.29 is 0 Å². The molecule has 0 bridgehead atoms. The second-order valence-corrected chi connectivity index (χ2v) is 20.9. The van der Waals surface area contributed by atoms with E-state index in [2.05, 4.69) is 131 Å². The minimum absolute atomic E-state index is 0.665. The van der Waals surface area contributed by atoms with Gasteiger partial charge in [-0.1, -0.05) is 12.1 Å². The molecular weight excluding hydrogens is 424 g/mol. The summed E-state index contributed by atoms with van der Waals surface area (Å²) < 4.78 is 0. The smallest absolute Gasteiger partial charge is 0.118 e. The molecule has 178 valence electrons. The molecule has 0 unspecified atom stereocenters. The van der Waals surface area contributed by atoms with Crippen molar-refractivity contribution >= 4 is 36.5 Å². The van der Waals surface area contributed by atoms with E-state index in [9.17, 15) is 0 Å². The highest BCUT2D eigenvalue weighted by Gasteiger charge is 2.46. The highest BCUT2D eigenvalue weighted by Crippen LogP contribution is 2.65. The van der Waals surface area contributed by atoms with Crippen LogP contribution in [0.2, 0.25) is 0 Å². The number of benzene rings is 2. The lowest BCUT2D eigenvalue weighted by atomic mass is 10.1. The van der Waals surface area contributed by atoms with Crippen LogP contribution in [0, 0.1) is 13.8 Å². The average Bonchev–Trinajstić information content (AvgIpc) is 2.71. The van der Waals surface area contributed by atoms with E-state index < -0.39 is 14.5 Å². The van der Waals surface area contributed by atoms with Crippen LogP contribution >= 0.6 is 14.5 Å². The molecule has 0 atom stereocenters. The molecule has 2 aromatic rings. The van der Waals surface area contributed by atoms with Crippen molar-refractivity contribution in [3.63, 3.8) is 0 Å². The Hall–Kier alpha value is -0.900. The number of anilines is 2. The predicted octanol–water partition coefficient (Wildman–Crippen LogP) is 8.25. The molecule has 0 saturated heterocycles. The summed E-state index contributed by atoms with van der Waals surface area (Å²) >= 11 is 0. The third kappa shape index (κ3) is 4.81. The summed E-state index contributed by atoms with van der Waals surface area (Å²) in [5, 5.41) is 3.18. The largest absolute Gasteiger partial charge is 0.338 e. The summed E-state index contributed by atoms with van der Waals surface area (Å²) in [6, 6.07) is 14.4. The Balaban J connectivity index is 2.83. The van der Waals surface area contributed by atoms with Crippen LogP contribution in [0.1, 0.15) is 66.5 Å². The normalized spacial score (nSPS) is 13.0. The molecule has 0 N–H and O–H groups in total. The Bertz CT molecular complexity index is 835. The molecule has 32 heavy (non-hydrogen) atoms. The number of rotatable bonds is 8. The number of nitrogens with zero attached hydrogens (tertiary/aromatic N) is 1. The van der Waals surface area contributed by atoms with E-state index in [0.29, 0.717) is 22.6 Å². The molecule has 0 radical (unpaired) electrons. The molecule has 3 heteroatoms. The maximum atomic E-state index is 2.57. The van der Waals surface area contributed by atoms with Gasteiger partial charge in [0.2, 0.25) is 0 Å². The zero-order chi connectivity index (χ0) is 24.6. The van der Waals surface area contributed by atoms with Crippen molar-refractivity contribution in [1.82, 2.24) is 0 Å². The van der Waals surface area contributed by atoms with E-state index in [1.165, 1.54) is 22.5 Å². The molecule has 0 fully saturated rings. The van der Waals surface area contributed by atoms with Crippen molar-refractivity contribution in [2.24, 2.45) is 0 Å². The average molecular weight is 474 g/mol. The van der Waals surface area contributed by atoms with Gasteiger partial charge < -0.3 is 4.90 Å². The van der Waals surface area contributed by atoms with Crippen LogP contribution in [0.4, 0.5) is 11.4 Å². The number of aryl methyl sites for hydroxylation is 2. The molecule has 0 aliphatic carbocycles. The van der Waals surface area contributed by atoms with E-state index in [4.69, 9.17) is 0 Å². The lowest BCUT2D eigenvalue weighted by molar-refractivity contribution is 0.996. The molecule has 0 aromatic heterocycles. The summed E-state index contributed by atoms with van der Waals surface area (Å²) in [6.07, 6.45) is 0. The van der Waals surface area contributed by atoms with Gasteiger partial charge in [-0.25, -0.2) is 0 Å². The fraction of sp³-hybridized carbons (Fsp3) is 0.586. The summed E-state index contributed by atoms with van der Waals surface area (Å²) in [5.41, 5.74) is 8.20. The molecule has 2 rings (SSSR count). The van der Waals surface area contributed by atoms with E-state index in [1.54, 1.807) is 10.6 Å². The SMILES string of the molecule is Cc1ccc(N(C)c2ccc(C)cc2[P+](C)(C(C)C)C(C)C)c([P+](C)(C(C)C)C(C)C)c1. The van der Waals surface area contributed by atoms with Crippen molar-refractivity contribution in [2.75, 3.05) is 25.3 Å². The van der Waals surface area contributed by atoms with E-state index in [0.717, 1.165) is 0 Å². The Kier molecular flexibility index (Phi) is 8.68. The van der Waals surface area contributed by atoms with Gasteiger partial charge in [0, 0.05) is 7.05 Å². The van der Waals surface area contributed by atoms with E-state index >= 15 is 0 Å². The first-order valence-corrected chi connectivity index (χ1v) is 17.1. The van der Waals surface area contributed by atoms with Gasteiger partial charge in [-0.15, -0.1) is 0 Å². The van der Waals surface area contributed by atoms with Gasteiger partial charge in [0.05, 0.1) is 61.9 Å². The fourth-order valence-corrected chi connectivity index (χ4v) is 12.1. The van der Waals surface area contributed by atoms with Crippen molar-refractivity contribution in [3.05, 3.63) is 47.5 Å². The van der Waals surface area contributed by atoms with Crippen LogP contribution in [-0.2, 0) is 0 Å². The maximum absolute atomic E-state index is 2.57. The van der Waals surface area contributed by atoms with Gasteiger partial charge in [0.1, 0.15) is 10.6 Å². The van der Waals surface area contributed by atoms with Crippen LogP contribution in [0.25, 0.3) is 0 Å². The van der Waals surface area contributed by atoms with Gasteiger partial charge in [-0.2, -0.15) is 0 Å². The molecule has 0 saturated carbocycles. The Morgan fingerprint density at radius 3 is 1.09 bits per heavy atom. The number of hydrogen-bond donors (Lipinski definition) is 0. The third-order valence-corrected chi connectivity index (χ3v) is 19.7. The first-order chi connectivity index (χ1) is 14.7. The van der Waals surface area contributed by atoms with Gasteiger partial charge in [-0.05, 0) is 105 Å². The minimum Gasteiger partial charge on any atom is -0.338 e. The molecule has 0 amide bonds.